The van der Waals surface area contributed by atoms with Crippen molar-refractivity contribution < 1.29 is 9.53 Å². The molecule has 0 amide bonds. The molecule has 0 radical (unpaired) electrons. The molecule has 0 unspecified atom stereocenters. The number of benzene rings is 1. The van der Waals surface area contributed by atoms with Gasteiger partial charge in [-0.1, -0.05) is 0 Å². The fourth-order valence-corrected chi connectivity index (χ4v) is 2.75. The summed E-state index contributed by atoms with van der Waals surface area (Å²) in [6, 6.07) is 8.00. The van der Waals surface area contributed by atoms with Crippen molar-refractivity contribution in [2.24, 2.45) is 5.18 Å². The van der Waals surface area contributed by atoms with Gasteiger partial charge in [-0.2, -0.15) is 5.10 Å². The number of methoxy groups -OCH3 is 1. The number of hydrogen-bond acceptors (Lipinski definition) is 7. The summed E-state index contributed by atoms with van der Waals surface area (Å²) in [4.78, 5) is 39.3. The van der Waals surface area contributed by atoms with Gasteiger partial charge in [-0.25, -0.2) is 14.3 Å². The Morgan fingerprint density at radius 3 is 2.62 bits per heavy atom. The molecule has 0 saturated carbocycles. The molecule has 0 bridgehead atoms. The average molecular weight is 349 g/mol. The zero-order valence-electron chi connectivity index (χ0n) is 13.5. The molecule has 0 fully saturated rings. The minimum Gasteiger partial charge on any atom is -0.465 e. The Balaban J connectivity index is 1.93. The van der Waals surface area contributed by atoms with E-state index in [1.54, 1.807) is 24.4 Å². The van der Waals surface area contributed by atoms with Crippen molar-refractivity contribution >= 4 is 28.2 Å². The van der Waals surface area contributed by atoms with Crippen LogP contribution in [-0.2, 0) is 4.74 Å². The highest BCUT2D eigenvalue weighted by atomic mass is 16.5. The quantitative estimate of drug-likeness (QED) is 0.414. The lowest BCUT2D eigenvalue weighted by atomic mass is 10.2. The van der Waals surface area contributed by atoms with E-state index >= 15 is 0 Å². The van der Waals surface area contributed by atoms with Crippen molar-refractivity contribution in [3.63, 3.8) is 0 Å². The highest BCUT2D eigenvalue weighted by Gasteiger charge is 2.17. The Bertz CT molecular complexity index is 1220. The van der Waals surface area contributed by atoms with Gasteiger partial charge in [0.25, 0.3) is 5.56 Å². The molecule has 0 N–H and O–H groups in total. The highest BCUT2D eigenvalue weighted by Crippen LogP contribution is 2.18. The number of hydrogen-bond donors (Lipinski definition) is 0. The van der Waals surface area contributed by atoms with Crippen LogP contribution in [0.25, 0.3) is 22.2 Å². The van der Waals surface area contributed by atoms with Crippen LogP contribution < -0.4 is 5.56 Å². The van der Waals surface area contributed by atoms with Gasteiger partial charge in [0.05, 0.1) is 24.2 Å². The molecule has 4 rings (SSSR count). The van der Waals surface area contributed by atoms with E-state index in [9.17, 15) is 14.5 Å². The first-order valence-electron chi connectivity index (χ1n) is 7.54. The van der Waals surface area contributed by atoms with E-state index in [1.165, 1.54) is 40.7 Å². The van der Waals surface area contributed by atoms with Gasteiger partial charge in [-0.15, -0.1) is 4.91 Å². The molecule has 9 nitrogen and oxygen atoms in total. The van der Waals surface area contributed by atoms with E-state index in [4.69, 9.17) is 4.74 Å². The van der Waals surface area contributed by atoms with E-state index in [-0.39, 0.29) is 16.8 Å². The summed E-state index contributed by atoms with van der Waals surface area (Å²) < 4.78 is 7.56. The number of ether oxygens (including phenoxy) is 1. The standard InChI is InChI=1S/C17H11N5O4/c1-26-17(24)13-9-19-22-14-6-7-21(11-4-2-10(20-25)3-5-11)16(23)12(14)8-18-15(13)22/h2-9H,1H3. The molecule has 0 atom stereocenters. The second-order valence-electron chi connectivity index (χ2n) is 5.44. The van der Waals surface area contributed by atoms with Crippen LogP contribution in [0.1, 0.15) is 10.4 Å². The van der Waals surface area contributed by atoms with Gasteiger partial charge in [0.1, 0.15) is 11.3 Å². The van der Waals surface area contributed by atoms with E-state index in [0.717, 1.165) is 0 Å². The monoisotopic (exact) mass is 349 g/mol. The molecule has 1 aromatic carbocycles. The lowest BCUT2D eigenvalue weighted by Gasteiger charge is -2.08. The van der Waals surface area contributed by atoms with Crippen LogP contribution in [0.2, 0.25) is 0 Å². The number of aromatic nitrogens is 4. The number of carbonyl (C=O) groups is 1. The van der Waals surface area contributed by atoms with E-state index in [2.05, 4.69) is 15.3 Å². The smallest absolute Gasteiger partial charge is 0.343 e. The van der Waals surface area contributed by atoms with Crippen molar-refractivity contribution in [2.75, 3.05) is 7.11 Å². The SMILES string of the molecule is COC(=O)c1cnn2c1ncc1c(=O)n(-c3ccc(N=O)cc3)ccc12. The van der Waals surface area contributed by atoms with Crippen LogP contribution in [-0.4, -0.2) is 32.2 Å². The molecule has 26 heavy (non-hydrogen) atoms. The number of nitroso groups, excluding NO2 is 1. The molecule has 9 heteroatoms. The summed E-state index contributed by atoms with van der Waals surface area (Å²) in [6.45, 7) is 0. The van der Waals surface area contributed by atoms with Crippen LogP contribution in [0.3, 0.4) is 0 Å². The Kier molecular flexibility index (Phi) is 3.54. The highest BCUT2D eigenvalue weighted by molar-refractivity contribution is 5.96. The minimum atomic E-state index is -0.552. The fraction of sp³-hybridized carbons (Fsp3) is 0.0588. The van der Waals surface area contributed by atoms with Gasteiger partial charge in [0.15, 0.2) is 5.65 Å². The topological polar surface area (TPSA) is 108 Å². The number of nitrogens with zero attached hydrogens (tertiary/aromatic N) is 5. The Hall–Kier alpha value is -3.88. The molecular weight excluding hydrogens is 338 g/mol. The maximum Gasteiger partial charge on any atom is 0.343 e. The molecule has 3 heterocycles. The van der Waals surface area contributed by atoms with Crippen LogP contribution >= 0.6 is 0 Å². The number of pyridine rings is 1. The summed E-state index contributed by atoms with van der Waals surface area (Å²) in [5.74, 6) is -0.552. The third-order valence-electron chi connectivity index (χ3n) is 4.03. The first-order valence-corrected chi connectivity index (χ1v) is 7.54. The third kappa shape index (κ3) is 2.25. The van der Waals surface area contributed by atoms with E-state index in [0.29, 0.717) is 22.2 Å². The zero-order valence-corrected chi connectivity index (χ0v) is 13.5. The second kappa shape index (κ2) is 5.88. The first kappa shape index (κ1) is 15.6. The van der Waals surface area contributed by atoms with Crippen molar-refractivity contribution in [1.29, 1.82) is 0 Å². The van der Waals surface area contributed by atoms with Gasteiger partial charge in [0, 0.05) is 18.1 Å². The van der Waals surface area contributed by atoms with Gasteiger partial charge < -0.3 is 4.74 Å². The molecule has 0 saturated heterocycles. The predicted molar refractivity (Wildman–Crippen MR) is 92.9 cm³/mol. The van der Waals surface area contributed by atoms with Gasteiger partial charge in [-0.05, 0) is 35.5 Å². The Morgan fingerprint density at radius 1 is 1.15 bits per heavy atom. The van der Waals surface area contributed by atoms with E-state index < -0.39 is 5.97 Å². The van der Waals surface area contributed by atoms with Gasteiger partial charge in [0.2, 0.25) is 0 Å². The molecule has 3 aromatic heterocycles. The molecule has 128 valence electrons. The van der Waals surface area contributed by atoms with Crippen molar-refractivity contribution in [2.45, 2.75) is 0 Å². The second-order valence-corrected chi connectivity index (χ2v) is 5.44. The zero-order chi connectivity index (χ0) is 18.3. The van der Waals surface area contributed by atoms with E-state index in [1.807, 2.05) is 0 Å². The molecule has 0 aliphatic carbocycles. The minimum absolute atomic E-state index is 0.218. The van der Waals surface area contributed by atoms with Crippen LogP contribution in [0.5, 0.6) is 0 Å². The predicted octanol–water partition coefficient (Wildman–Crippen LogP) is 2.22. The fourth-order valence-electron chi connectivity index (χ4n) is 2.75. The number of esters is 1. The first-order chi connectivity index (χ1) is 12.6. The average Bonchev–Trinajstić information content (AvgIpc) is 3.12. The number of fused-ring (bicyclic) bond motifs is 3. The molecule has 0 aliphatic heterocycles. The Labute approximate surface area is 145 Å². The van der Waals surface area contributed by atoms with Crippen molar-refractivity contribution in [1.82, 2.24) is 19.2 Å². The van der Waals surface area contributed by atoms with Crippen molar-refractivity contribution in [3.8, 4) is 5.69 Å². The van der Waals surface area contributed by atoms with Crippen LogP contribution in [0.4, 0.5) is 5.69 Å². The van der Waals surface area contributed by atoms with Crippen LogP contribution in [0, 0.1) is 4.91 Å². The largest absolute Gasteiger partial charge is 0.465 e. The normalized spacial score (nSPS) is 11.0. The summed E-state index contributed by atoms with van der Waals surface area (Å²) in [5, 5.41) is 7.31. The lowest BCUT2D eigenvalue weighted by molar-refractivity contribution is 0.0602. The summed E-state index contributed by atoms with van der Waals surface area (Å²) in [5.41, 5.74) is 1.59. The maximum atomic E-state index is 12.8. The third-order valence-corrected chi connectivity index (χ3v) is 4.03. The molecule has 0 aliphatic rings. The van der Waals surface area contributed by atoms with Crippen molar-refractivity contribution in [3.05, 3.63) is 69.7 Å². The summed E-state index contributed by atoms with van der Waals surface area (Å²) in [6.07, 6.45) is 4.34. The lowest BCUT2D eigenvalue weighted by Crippen LogP contribution is -2.18. The molecule has 0 spiro atoms. The Morgan fingerprint density at radius 2 is 1.92 bits per heavy atom. The maximum absolute atomic E-state index is 12.8. The molecular formula is C17H11N5O4. The van der Waals surface area contributed by atoms with Gasteiger partial charge in [-0.3, -0.25) is 9.36 Å². The molecule has 4 aromatic rings. The number of carbonyl (C=O) groups excluding carboxylic acids is 1. The summed E-state index contributed by atoms with van der Waals surface area (Å²) >= 11 is 0. The van der Waals surface area contributed by atoms with Crippen LogP contribution in [0.15, 0.2) is 58.9 Å². The number of rotatable bonds is 3. The summed E-state index contributed by atoms with van der Waals surface area (Å²) in [7, 11) is 1.27. The van der Waals surface area contributed by atoms with Gasteiger partial charge >= 0.3 is 5.97 Å².